The van der Waals surface area contributed by atoms with Gasteiger partial charge in [0.15, 0.2) is 0 Å². The van der Waals surface area contributed by atoms with Crippen molar-refractivity contribution in [3.05, 3.63) is 122 Å². The molecule has 0 amide bonds. The number of halogens is 2. The summed E-state index contributed by atoms with van der Waals surface area (Å²) < 4.78 is 2.46. The van der Waals surface area contributed by atoms with E-state index in [1.165, 1.54) is 5.56 Å². The van der Waals surface area contributed by atoms with E-state index in [1.54, 1.807) is 32.7 Å². The molecule has 0 radical (unpaired) electrons. The quantitative estimate of drug-likeness (QED) is 0.284. The van der Waals surface area contributed by atoms with Gasteiger partial charge in [0.1, 0.15) is 0 Å². The molecule has 0 saturated heterocycles. The molecule has 0 N–H and O–H groups in total. The van der Waals surface area contributed by atoms with Gasteiger partial charge in [-0.1, -0.05) is 0 Å². The second kappa shape index (κ2) is 11.5. The molecule has 0 aliphatic heterocycles. The van der Waals surface area contributed by atoms with E-state index >= 15 is 0 Å². The van der Waals surface area contributed by atoms with Crippen molar-refractivity contribution in [2.24, 2.45) is 5.92 Å². The van der Waals surface area contributed by atoms with Gasteiger partial charge in [0.2, 0.25) is 0 Å². The van der Waals surface area contributed by atoms with E-state index in [0.29, 0.717) is 9.54 Å². The molecule has 2 unspecified atom stereocenters. The Kier molecular flexibility index (Phi) is 9.21. The average Bonchev–Trinajstić information content (AvgIpc) is 3.34. The maximum Gasteiger partial charge on any atom is -0.147 e. The van der Waals surface area contributed by atoms with Crippen LogP contribution in [0.5, 0.6) is 0 Å². The molecule has 34 heavy (non-hydrogen) atoms. The van der Waals surface area contributed by atoms with Gasteiger partial charge in [-0.05, 0) is 0 Å². The first-order valence-corrected chi connectivity index (χ1v) is 19.4. The Hall–Kier alpha value is -1.44. The van der Waals surface area contributed by atoms with E-state index in [1.807, 2.05) is 3.28 Å². The normalized spacial score (nSPS) is 18.4. The van der Waals surface area contributed by atoms with Gasteiger partial charge in [0.25, 0.3) is 0 Å². The maximum atomic E-state index is 2.58. The van der Waals surface area contributed by atoms with Crippen LogP contribution in [0, 0.1) is 5.92 Å². The van der Waals surface area contributed by atoms with Gasteiger partial charge >= 0.3 is 202 Å². The fourth-order valence-electron chi connectivity index (χ4n) is 5.45. The van der Waals surface area contributed by atoms with E-state index < -0.39 is 25.8 Å². The smallest absolute Gasteiger partial charge is 0.147 e. The summed E-state index contributed by atoms with van der Waals surface area (Å²) in [6.45, 7) is 9.61. The summed E-state index contributed by atoms with van der Waals surface area (Å²) in [4.78, 5) is 0. The van der Waals surface area contributed by atoms with Crippen molar-refractivity contribution >= 4 is 46.7 Å². The SMILES string of the molecule is CC1=C(C)C(C)[C]([Zr]([CH]2C=Cc3ccccc32)=[Si](c2ccccc2)c2ccccc2)=C1C.Cl.Cl. The molecule has 0 bridgehead atoms. The van der Waals surface area contributed by atoms with Crippen LogP contribution in [0.15, 0.2) is 111 Å². The number of rotatable bonds is 4. The summed E-state index contributed by atoms with van der Waals surface area (Å²) in [6.07, 6.45) is 4.98. The first-order valence-electron chi connectivity index (χ1n) is 11.6. The van der Waals surface area contributed by atoms with Crippen LogP contribution >= 0.6 is 24.8 Å². The van der Waals surface area contributed by atoms with Crippen molar-refractivity contribution < 1.29 is 20.4 Å². The topological polar surface area (TPSA) is 0 Å². The van der Waals surface area contributed by atoms with E-state index in [9.17, 15) is 0 Å². The monoisotopic (exact) mass is 580 g/mol. The van der Waals surface area contributed by atoms with Crippen molar-refractivity contribution in [3.8, 4) is 0 Å². The summed E-state index contributed by atoms with van der Waals surface area (Å²) in [5, 5.41) is 3.18. The van der Waals surface area contributed by atoms with Crippen molar-refractivity contribution in [1.82, 2.24) is 0 Å². The third kappa shape index (κ3) is 4.80. The van der Waals surface area contributed by atoms with Crippen LogP contribution in [0.1, 0.15) is 42.4 Å². The molecule has 174 valence electrons. The predicted molar refractivity (Wildman–Crippen MR) is 151 cm³/mol. The molecule has 0 spiro atoms. The third-order valence-corrected chi connectivity index (χ3v) is 27.6. The summed E-state index contributed by atoms with van der Waals surface area (Å²) in [5.41, 5.74) is 6.86. The predicted octanol–water partition coefficient (Wildman–Crippen LogP) is 7.28. The molecule has 3 aromatic carbocycles. The minimum absolute atomic E-state index is 0. The Morgan fingerprint density at radius 1 is 0.676 bits per heavy atom. The fraction of sp³-hybridized carbons (Fsp3) is 0.200. The second-order valence-corrected chi connectivity index (χ2v) is 22.7. The van der Waals surface area contributed by atoms with Gasteiger partial charge in [0.05, 0.1) is 0 Å². The molecule has 3 aromatic rings. The number of allylic oxidation sites excluding steroid dienone is 5. The molecule has 2 aliphatic rings. The maximum absolute atomic E-state index is 2.58. The Bertz CT molecular complexity index is 1260. The van der Waals surface area contributed by atoms with Crippen LogP contribution < -0.4 is 10.4 Å². The molecule has 0 aromatic heterocycles. The Morgan fingerprint density at radius 2 is 1.21 bits per heavy atom. The summed E-state index contributed by atoms with van der Waals surface area (Å²) in [6, 6.07) is 32.1. The zero-order chi connectivity index (χ0) is 22.2. The first kappa shape index (κ1) is 27.2. The minimum Gasteiger partial charge on any atom is -0.147 e. The van der Waals surface area contributed by atoms with E-state index in [2.05, 4.69) is 125 Å². The van der Waals surface area contributed by atoms with Gasteiger partial charge in [-0.25, -0.2) is 0 Å². The second-order valence-electron chi connectivity index (χ2n) is 9.05. The number of benzene rings is 3. The van der Waals surface area contributed by atoms with Crippen LogP contribution in [0.2, 0.25) is 0 Å². The number of hydrogen-bond donors (Lipinski definition) is 0. The van der Waals surface area contributed by atoms with Crippen LogP contribution in [0.4, 0.5) is 0 Å². The van der Waals surface area contributed by atoms with E-state index in [4.69, 9.17) is 0 Å². The Morgan fingerprint density at radius 3 is 1.74 bits per heavy atom. The standard InChI is InChI=1S/C12H10Si.C9H7.C9H13.2ClH.Zr/c1-3-7-11(8-4-1)13-12-9-5-2-6-10-12;1-2-5-9-7-3-6-8(9)4-1;1-6-5-7(2)9(4)8(6)3;;;/h1-10H;1-7H;6H,1-4H3;2*1H;. The summed E-state index contributed by atoms with van der Waals surface area (Å²) >= 11 is -2.29. The fourth-order valence-corrected chi connectivity index (χ4v) is 29.3. The number of hydrogen-bond acceptors (Lipinski definition) is 0. The zero-order valence-electron chi connectivity index (χ0n) is 20.2. The molecule has 4 heteroatoms. The first-order chi connectivity index (χ1) is 15.6. The summed E-state index contributed by atoms with van der Waals surface area (Å²) in [5.74, 6) is 0.581. The number of fused-ring (bicyclic) bond motifs is 1. The molecular formula is C30H32Cl2SiZr. The van der Waals surface area contributed by atoms with Crippen molar-refractivity contribution in [3.63, 3.8) is 0 Å². The minimum atomic E-state index is -2.29. The molecule has 0 fully saturated rings. The molecule has 2 atom stereocenters. The zero-order valence-corrected chi connectivity index (χ0v) is 25.3. The molecule has 0 saturated carbocycles. The Balaban J connectivity index is 0.00000162. The van der Waals surface area contributed by atoms with Crippen molar-refractivity contribution in [1.29, 1.82) is 0 Å². The molecular weight excluding hydrogens is 551 g/mol. The molecule has 0 heterocycles. The van der Waals surface area contributed by atoms with Crippen LogP contribution in [0.3, 0.4) is 0 Å². The van der Waals surface area contributed by atoms with Crippen LogP contribution in [0.25, 0.3) is 6.08 Å². The average molecular weight is 583 g/mol. The van der Waals surface area contributed by atoms with Gasteiger partial charge in [0, 0.05) is 0 Å². The largest absolute Gasteiger partial charge is 0.147 e. The van der Waals surface area contributed by atoms with Gasteiger partial charge in [-0.3, -0.25) is 0 Å². The molecule has 2 aliphatic carbocycles. The van der Waals surface area contributed by atoms with Gasteiger partial charge in [-0.15, -0.1) is 24.8 Å². The summed E-state index contributed by atoms with van der Waals surface area (Å²) in [7, 11) is 0. The van der Waals surface area contributed by atoms with Gasteiger partial charge in [-0.2, -0.15) is 0 Å². The van der Waals surface area contributed by atoms with E-state index in [0.717, 1.165) is 0 Å². The Labute approximate surface area is 224 Å². The van der Waals surface area contributed by atoms with Crippen molar-refractivity contribution in [2.75, 3.05) is 0 Å². The van der Waals surface area contributed by atoms with Crippen LogP contribution in [-0.4, -0.2) is 5.43 Å². The van der Waals surface area contributed by atoms with E-state index in [-0.39, 0.29) is 24.8 Å². The molecule has 0 nitrogen and oxygen atoms in total. The molecule has 5 rings (SSSR count). The third-order valence-electron chi connectivity index (χ3n) is 7.44. The van der Waals surface area contributed by atoms with Gasteiger partial charge < -0.3 is 0 Å². The van der Waals surface area contributed by atoms with Crippen LogP contribution in [-0.2, 0) is 20.4 Å². The van der Waals surface area contributed by atoms with Crippen molar-refractivity contribution in [2.45, 2.75) is 31.3 Å².